The summed E-state index contributed by atoms with van der Waals surface area (Å²) < 4.78 is 1.95. The van der Waals surface area contributed by atoms with Crippen LogP contribution in [-0.4, -0.2) is 27.6 Å². The van der Waals surface area contributed by atoms with Crippen molar-refractivity contribution in [1.82, 2.24) is 20.3 Å². The summed E-state index contributed by atoms with van der Waals surface area (Å²) in [6.45, 7) is 3.32. The minimum absolute atomic E-state index is 0.460. The summed E-state index contributed by atoms with van der Waals surface area (Å²) in [5.41, 5.74) is 2.26. The van der Waals surface area contributed by atoms with Gasteiger partial charge in [0.05, 0.1) is 17.6 Å². The van der Waals surface area contributed by atoms with Gasteiger partial charge in [-0.1, -0.05) is 30.3 Å². The molecule has 19 heavy (non-hydrogen) atoms. The van der Waals surface area contributed by atoms with E-state index in [1.807, 2.05) is 29.1 Å². The van der Waals surface area contributed by atoms with Crippen molar-refractivity contribution in [2.24, 2.45) is 0 Å². The fourth-order valence-corrected chi connectivity index (χ4v) is 2.29. The summed E-state index contributed by atoms with van der Waals surface area (Å²) in [6.07, 6.45) is 5.70. The number of nitrogens with one attached hydrogen (secondary N) is 1. The molecule has 1 aromatic carbocycles. The average Bonchev–Trinajstić information content (AvgIpc) is 3.13. The summed E-state index contributed by atoms with van der Waals surface area (Å²) in [5.74, 6) is 0.460. The van der Waals surface area contributed by atoms with E-state index in [1.165, 1.54) is 18.5 Å². The van der Waals surface area contributed by atoms with E-state index < -0.39 is 0 Å². The smallest absolute Gasteiger partial charge is 0.0732 e. The first-order valence-electron chi connectivity index (χ1n) is 7.04. The molecule has 1 aliphatic rings. The molecule has 0 spiro atoms. The first kappa shape index (κ1) is 12.4. The van der Waals surface area contributed by atoms with E-state index >= 15 is 0 Å². The Morgan fingerprint density at radius 2 is 2.11 bits per heavy atom. The Labute approximate surface area is 113 Å². The molecule has 1 N–H and O–H groups in total. The molecule has 0 bridgehead atoms. The molecule has 0 amide bonds. The maximum Gasteiger partial charge on any atom is 0.0732 e. The molecule has 1 aliphatic carbocycles. The van der Waals surface area contributed by atoms with Gasteiger partial charge >= 0.3 is 0 Å². The van der Waals surface area contributed by atoms with Gasteiger partial charge in [-0.15, -0.1) is 5.10 Å². The van der Waals surface area contributed by atoms with Gasteiger partial charge in [0.25, 0.3) is 0 Å². The second kappa shape index (κ2) is 5.53. The molecule has 2 aromatic rings. The molecule has 4 heteroatoms. The first-order chi connectivity index (χ1) is 9.34. The molecule has 3 rings (SSSR count). The van der Waals surface area contributed by atoms with Gasteiger partial charge in [0.1, 0.15) is 0 Å². The molecule has 1 aromatic heterocycles. The SMILES string of the molecule is CC(CCNC1CC1)c1cnnn1-c1ccccc1. The normalized spacial score (nSPS) is 16.5. The van der Waals surface area contributed by atoms with Crippen LogP contribution in [0.3, 0.4) is 0 Å². The first-order valence-corrected chi connectivity index (χ1v) is 7.04. The second-order valence-electron chi connectivity index (χ2n) is 5.32. The topological polar surface area (TPSA) is 42.7 Å². The van der Waals surface area contributed by atoms with Gasteiger partial charge in [-0.25, -0.2) is 4.68 Å². The molecule has 1 saturated carbocycles. The third-order valence-electron chi connectivity index (χ3n) is 3.67. The zero-order valence-electron chi connectivity index (χ0n) is 11.3. The summed E-state index contributed by atoms with van der Waals surface area (Å²) >= 11 is 0. The highest BCUT2D eigenvalue weighted by molar-refractivity contribution is 5.32. The fourth-order valence-electron chi connectivity index (χ4n) is 2.29. The molecule has 1 unspecified atom stereocenters. The summed E-state index contributed by atoms with van der Waals surface area (Å²) in [4.78, 5) is 0. The lowest BCUT2D eigenvalue weighted by Gasteiger charge is -2.13. The molecular weight excluding hydrogens is 236 g/mol. The fraction of sp³-hybridized carbons (Fsp3) is 0.467. The number of para-hydroxylation sites is 1. The summed E-state index contributed by atoms with van der Waals surface area (Å²) in [5, 5.41) is 11.8. The van der Waals surface area contributed by atoms with Crippen molar-refractivity contribution in [1.29, 1.82) is 0 Å². The lowest BCUT2D eigenvalue weighted by atomic mass is 10.0. The van der Waals surface area contributed by atoms with Crippen molar-refractivity contribution < 1.29 is 0 Å². The number of hydrogen-bond acceptors (Lipinski definition) is 3. The molecule has 0 aliphatic heterocycles. The molecule has 0 radical (unpaired) electrons. The van der Waals surface area contributed by atoms with Crippen molar-refractivity contribution in [3.8, 4) is 5.69 Å². The van der Waals surface area contributed by atoms with Crippen LogP contribution in [0.4, 0.5) is 0 Å². The van der Waals surface area contributed by atoms with E-state index in [9.17, 15) is 0 Å². The Balaban J connectivity index is 1.68. The largest absolute Gasteiger partial charge is 0.314 e. The van der Waals surface area contributed by atoms with Crippen LogP contribution in [-0.2, 0) is 0 Å². The number of aromatic nitrogens is 3. The zero-order valence-corrected chi connectivity index (χ0v) is 11.3. The minimum Gasteiger partial charge on any atom is -0.314 e. The monoisotopic (exact) mass is 256 g/mol. The van der Waals surface area contributed by atoms with Gasteiger partial charge < -0.3 is 5.32 Å². The lowest BCUT2D eigenvalue weighted by Crippen LogP contribution is -2.19. The van der Waals surface area contributed by atoms with Gasteiger partial charge in [-0.3, -0.25) is 0 Å². The quantitative estimate of drug-likeness (QED) is 0.863. The highest BCUT2D eigenvalue weighted by atomic mass is 15.4. The van der Waals surface area contributed by atoms with Crippen molar-refractivity contribution in [2.75, 3.05) is 6.54 Å². The van der Waals surface area contributed by atoms with Gasteiger partial charge in [0, 0.05) is 12.0 Å². The maximum atomic E-state index is 4.21. The van der Waals surface area contributed by atoms with Crippen LogP contribution in [0, 0.1) is 0 Å². The number of rotatable bonds is 6. The Kier molecular flexibility index (Phi) is 3.60. The molecule has 4 nitrogen and oxygen atoms in total. The lowest BCUT2D eigenvalue weighted by molar-refractivity contribution is 0.570. The third-order valence-corrected chi connectivity index (χ3v) is 3.67. The van der Waals surface area contributed by atoms with Gasteiger partial charge in [0.2, 0.25) is 0 Å². The minimum atomic E-state index is 0.460. The van der Waals surface area contributed by atoms with Gasteiger partial charge in [-0.05, 0) is 37.9 Å². The van der Waals surface area contributed by atoms with E-state index in [0.717, 1.165) is 24.7 Å². The zero-order chi connectivity index (χ0) is 13.1. The van der Waals surface area contributed by atoms with Crippen LogP contribution in [0.5, 0.6) is 0 Å². The van der Waals surface area contributed by atoms with Crippen molar-refractivity contribution in [2.45, 2.75) is 38.1 Å². The van der Waals surface area contributed by atoms with Crippen LogP contribution >= 0.6 is 0 Å². The highest BCUT2D eigenvalue weighted by Crippen LogP contribution is 2.22. The van der Waals surface area contributed by atoms with Crippen LogP contribution in [0.2, 0.25) is 0 Å². The van der Waals surface area contributed by atoms with Crippen molar-refractivity contribution >= 4 is 0 Å². The molecule has 1 atom stereocenters. The average molecular weight is 256 g/mol. The van der Waals surface area contributed by atoms with Crippen LogP contribution in [0.1, 0.15) is 37.8 Å². The molecular formula is C15H20N4. The molecule has 100 valence electrons. The Bertz CT molecular complexity index is 516. The van der Waals surface area contributed by atoms with Gasteiger partial charge in [-0.2, -0.15) is 0 Å². The Morgan fingerprint density at radius 3 is 2.84 bits per heavy atom. The summed E-state index contributed by atoms with van der Waals surface area (Å²) in [6, 6.07) is 11.0. The van der Waals surface area contributed by atoms with Gasteiger partial charge in [0.15, 0.2) is 0 Å². The standard InChI is InChI=1S/C15H20N4/c1-12(9-10-16-13-7-8-13)15-11-17-18-19(15)14-5-3-2-4-6-14/h2-6,11-13,16H,7-10H2,1H3. The Hall–Kier alpha value is -1.68. The number of benzene rings is 1. The summed E-state index contributed by atoms with van der Waals surface area (Å²) in [7, 11) is 0. The van der Waals surface area contributed by atoms with Crippen molar-refractivity contribution in [3.63, 3.8) is 0 Å². The predicted molar refractivity (Wildman–Crippen MR) is 75.4 cm³/mol. The highest BCUT2D eigenvalue weighted by Gasteiger charge is 2.20. The van der Waals surface area contributed by atoms with E-state index in [4.69, 9.17) is 0 Å². The maximum absolute atomic E-state index is 4.21. The van der Waals surface area contributed by atoms with E-state index in [0.29, 0.717) is 5.92 Å². The molecule has 1 heterocycles. The van der Waals surface area contributed by atoms with E-state index in [2.05, 4.69) is 34.7 Å². The molecule has 0 saturated heterocycles. The van der Waals surface area contributed by atoms with Crippen LogP contribution < -0.4 is 5.32 Å². The Morgan fingerprint density at radius 1 is 1.32 bits per heavy atom. The van der Waals surface area contributed by atoms with Crippen LogP contribution in [0.15, 0.2) is 36.5 Å². The second-order valence-corrected chi connectivity index (χ2v) is 5.32. The number of hydrogen-bond donors (Lipinski definition) is 1. The third kappa shape index (κ3) is 3.01. The van der Waals surface area contributed by atoms with Crippen LogP contribution in [0.25, 0.3) is 5.69 Å². The van der Waals surface area contributed by atoms with E-state index in [-0.39, 0.29) is 0 Å². The number of nitrogens with zero attached hydrogens (tertiary/aromatic N) is 3. The van der Waals surface area contributed by atoms with E-state index in [1.54, 1.807) is 0 Å². The van der Waals surface area contributed by atoms with Crippen molar-refractivity contribution in [3.05, 3.63) is 42.2 Å². The molecule has 1 fully saturated rings. The predicted octanol–water partition coefficient (Wildman–Crippen LogP) is 2.51.